The molecule has 78 valence electrons. The van der Waals surface area contributed by atoms with E-state index in [4.69, 9.17) is 4.74 Å². The highest BCUT2D eigenvalue weighted by Gasteiger charge is 2.19. The van der Waals surface area contributed by atoms with E-state index in [1.165, 1.54) is 5.56 Å². The van der Waals surface area contributed by atoms with Gasteiger partial charge in [-0.2, -0.15) is 11.3 Å². The number of aliphatic hydroxyl groups is 1. The summed E-state index contributed by atoms with van der Waals surface area (Å²) in [5, 5.41) is 13.5. The van der Waals surface area contributed by atoms with E-state index >= 15 is 0 Å². The van der Waals surface area contributed by atoms with Crippen LogP contribution in [0.15, 0.2) is 16.8 Å². The smallest absolute Gasteiger partial charge is 0.0728 e. The highest BCUT2D eigenvalue weighted by atomic mass is 32.1. The van der Waals surface area contributed by atoms with Gasteiger partial charge in [-0.1, -0.05) is 0 Å². The van der Waals surface area contributed by atoms with Gasteiger partial charge in [0, 0.05) is 0 Å². The summed E-state index contributed by atoms with van der Waals surface area (Å²) in [7, 11) is 0. The van der Waals surface area contributed by atoms with E-state index in [2.05, 4.69) is 16.8 Å². The molecule has 1 saturated carbocycles. The molecule has 14 heavy (non-hydrogen) atoms. The van der Waals surface area contributed by atoms with Crippen LogP contribution >= 0.6 is 11.3 Å². The first-order valence-electron chi connectivity index (χ1n) is 5.15. The Balaban J connectivity index is 1.71. The molecule has 2 nitrogen and oxygen atoms in total. The molecule has 1 fully saturated rings. The van der Waals surface area contributed by atoms with E-state index in [0.717, 1.165) is 32.3 Å². The van der Waals surface area contributed by atoms with Gasteiger partial charge in [0.1, 0.15) is 0 Å². The second-order valence-electron chi connectivity index (χ2n) is 3.87. The summed E-state index contributed by atoms with van der Waals surface area (Å²) in [6.45, 7) is 0.726. The SMILES string of the molecule is OC1CCC(OCc2ccsc2)CC1. The zero-order valence-corrected chi connectivity index (χ0v) is 9.00. The van der Waals surface area contributed by atoms with Crippen molar-refractivity contribution in [3.63, 3.8) is 0 Å². The maximum atomic E-state index is 9.33. The fourth-order valence-electron chi connectivity index (χ4n) is 1.80. The highest BCUT2D eigenvalue weighted by Crippen LogP contribution is 2.22. The summed E-state index contributed by atoms with van der Waals surface area (Å²) >= 11 is 1.71. The Morgan fingerprint density at radius 1 is 1.36 bits per heavy atom. The lowest BCUT2D eigenvalue weighted by Crippen LogP contribution is -2.24. The molecule has 3 heteroatoms. The van der Waals surface area contributed by atoms with Gasteiger partial charge in [0.15, 0.2) is 0 Å². The second-order valence-corrected chi connectivity index (χ2v) is 4.65. The molecular weight excluding hydrogens is 196 g/mol. The van der Waals surface area contributed by atoms with Crippen molar-refractivity contribution in [2.45, 2.75) is 44.5 Å². The maximum absolute atomic E-state index is 9.33. The average Bonchev–Trinajstić information content (AvgIpc) is 2.70. The third-order valence-electron chi connectivity index (χ3n) is 2.71. The fourth-order valence-corrected chi connectivity index (χ4v) is 2.45. The number of aliphatic hydroxyl groups excluding tert-OH is 1. The number of rotatable bonds is 3. The molecule has 1 aromatic rings. The van der Waals surface area contributed by atoms with Gasteiger partial charge in [0.2, 0.25) is 0 Å². The van der Waals surface area contributed by atoms with Crippen LogP contribution in [-0.4, -0.2) is 17.3 Å². The van der Waals surface area contributed by atoms with Crippen LogP contribution in [0.4, 0.5) is 0 Å². The van der Waals surface area contributed by atoms with Gasteiger partial charge in [-0.05, 0) is 48.1 Å². The molecule has 0 aliphatic heterocycles. The van der Waals surface area contributed by atoms with Crippen LogP contribution in [0.25, 0.3) is 0 Å². The summed E-state index contributed by atoms with van der Waals surface area (Å²) in [6, 6.07) is 2.10. The molecular formula is C11H16O2S. The topological polar surface area (TPSA) is 29.5 Å². The molecule has 2 rings (SSSR count). The van der Waals surface area contributed by atoms with Gasteiger partial charge >= 0.3 is 0 Å². The molecule has 0 bridgehead atoms. The Morgan fingerprint density at radius 3 is 2.79 bits per heavy atom. The highest BCUT2D eigenvalue weighted by molar-refractivity contribution is 7.07. The van der Waals surface area contributed by atoms with Crippen LogP contribution in [0.3, 0.4) is 0 Å². The van der Waals surface area contributed by atoms with Crippen LogP contribution in [-0.2, 0) is 11.3 Å². The Bertz CT molecular complexity index is 250. The Kier molecular flexibility index (Phi) is 3.56. The number of hydrogen-bond donors (Lipinski definition) is 1. The van der Waals surface area contributed by atoms with E-state index in [9.17, 15) is 5.11 Å². The Hall–Kier alpha value is -0.380. The van der Waals surface area contributed by atoms with Crippen molar-refractivity contribution in [1.29, 1.82) is 0 Å². The van der Waals surface area contributed by atoms with Gasteiger partial charge in [0.25, 0.3) is 0 Å². The number of thiophene rings is 1. The van der Waals surface area contributed by atoms with Gasteiger partial charge in [-0.3, -0.25) is 0 Å². The van der Waals surface area contributed by atoms with E-state index in [1.54, 1.807) is 11.3 Å². The monoisotopic (exact) mass is 212 g/mol. The average molecular weight is 212 g/mol. The molecule has 0 saturated heterocycles. The second kappa shape index (κ2) is 4.91. The normalized spacial score (nSPS) is 27.8. The molecule has 0 radical (unpaired) electrons. The molecule has 0 unspecified atom stereocenters. The van der Waals surface area contributed by atoms with Crippen molar-refractivity contribution in [1.82, 2.24) is 0 Å². The van der Waals surface area contributed by atoms with Gasteiger partial charge in [0.05, 0.1) is 18.8 Å². The molecule has 0 amide bonds. The fraction of sp³-hybridized carbons (Fsp3) is 0.636. The predicted molar refractivity (Wildman–Crippen MR) is 57.4 cm³/mol. The van der Waals surface area contributed by atoms with Crippen molar-refractivity contribution < 1.29 is 9.84 Å². The first-order valence-corrected chi connectivity index (χ1v) is 6.09. The van der Waals surface area contributed by atoms with Crippen LogP contribution in [0.1, 0.15) is 31.2 Å². The van der Waals surface area contributed by atoms with Crippen molar-refractivity contribution in [3.05, 3.63) is 22.4 Å². The first-order chi connectivity index (χ1) is 6.84. The Labute approximate surface area is 88.5 Å². The summed E-state index contributed by atoms with van der Waals surface area (Å²) in [4.78, 5) is 0. The third-order valence-corrected chi connectivity index (χ3v) is 3.44. The summed E-state index contributed by atoms with van der Waals surface area (Å²) in [5.41, 5.74) is 1.26. The minimum atomic E-state index is -0.0870. The lowest BCUT2D eigenvalue weighted by molar-refractivity contribution is -0.0117. The number of hydrogen-bond acceptors (Lipinski definition) is 3. The van der Waals surface area contributed by atoms with Crippen molar-refractivity contribution in [2.75, 3.05) is 0 Å². The van der Waals surface area contributed by atoms with Crippen LogP contribution in [0.2, 0.25) is 0 Å². The van der Waals surface area contributed by atoms with E-state index in [1.807, 2.05) is 0 Å². The lowest BCUT2D eigenvalue weighted by atomic mass is 9.95. The van der Waals surface area contributed by atoms with Crippen molar-refractivity contribution >= 4 is 11.3 Å². The van der Waals surface area contributed by atoms with Crippen LogP contribution in [0, 0.1) is 0 Å². The molecule has 0 atom stereocenters. The predicted octanol–water partition coefficient (Wildman–Crippen LogP) is 2.57. The van der Waals surface area contributed by atoms with E-state index in [-0.39, 0.29) is 6.10 Å². The number of ether oxygens (including phenoxy) is 1. The standard InChI is InChI=1S/C11H16O2S/c12-10-1-3-11(4-2-10)13-7-9-5-6-14-8-9/h5-6,8,10-12H,1-4,7H2. The van der Waals surface area contributed by atoms with Gasteiger partial charge in [-0.15, -0.1) is 0 Å². The first kappa shape index (κ1) is 10.1. The van der Waals surface area contributed by atoms with E-state index in [0.29, 0.717) is 6.10 Å². The van der Waals surface area contributed by atoms with Crippen molar-refractivity contribution in [3.8, 4) is 0 Å². The third kappa shape index (κ3) is 2.80. The van der Waals surface area contributed by atoms with Crippen molar-refractivity contribution in [2.24, 2.45) is 0 Å². The van der Waals surface area contributed by atoms with Gasteiger partial charge in [-0.25, -0.2) is 0 Å². The van der Waals surface area contributed by atoms with Crippen LogP contribution in [0.5, 0.6) is 0 Å². The molecule has 1 aromatic heterocycles. The van der Waals surface area contributed by atoms with E-state index < -0.39 is 0 Å². The molecule has 1 heterocycles. The lowest BCUT2D eigenvalue weighted by Gasteiger charge is -2.25. The minimum absolute atomic E-state index is 0.0870. The molecule has 0 spiro atoms. The largest absolute Gasteiger partial charge is 0.393 e. The molecule has 1 aliphatic rings. The molecule has 1 N–H and O–H groups in total. The quantitative estimate of drug-likeness (QED) is 0.834. The Morgan fingerprint density at radius 2 is 2.14 bits per heavy atom. The van der Waals surface area contributed by atoms with Crippen LogP contribution < -0.4 is 0 Å². The zero-order valence-electron chi connectivity index (χ0n) is 8.19. The summed E-state index contributed by atoms with van der Waals surface area (Å²) < 4.78 is 5.77. The zero-order chi connectivity index (χ0) is 9.80. The van der Waals surface area contributed by atoms with Gasteiger partial charge < -0.3 is 9.84 Å². The molecule has 0 aromatic carbocycles. The summed E-state index contributed by atoms with van der Waals surface area (Å²) in [5.74, 6) is 0. The summed E-state index contributed by atoms with van der Waals surface area (Å²) in [6.07, 6.45) is 4.08. The molecule has 1 aliphatic carbocycles. The minimum Gasteiger partial charge on any atom is -0.393 e. The maximum Gasteiger partial charge on any atom is 0.0728 e.